The van der Waals surface area contributed by atoms with Gasteiger partial charge in [-0.05, 0) is 0 Å². The largest absolute Gasteiger partial charge is 0.398 e. The zero-order valence-corrected chi connectivity index (χ0v) is 5.88. The molecule has 0 saturated heterocycles. The van der Waals surface area contributed by atoms with Crippen LogP contribution in [0.5, 0.6) is 0 Å². The second-order valence-corrected chi connectivity index (χ2v) is 1.93. The SMILES string of the molecule is CO/N=C(\C#N)C(C)C. The number of rotatable bonds is 2. The van der Waals surface area contributed by atoms with Gasteiger partial charge in [-0.2, -0.15) is 5.26 Å². The third kappa shape index (κ3) is 2.70. The average molecular weight is 126 g/mol. The molecule has 0 bridgehead atoms. The molecule has 0 unspecified atom stereocenters. The van der Waals surface area contributed by atoms with E-state index in [1.54, 1.807) is 0 Å². The van der Waals surface area contributed by atoms with E-state index in [2.05, 4.69) is 9.99 Å². The highest BCUT2D eigenvalue weighted by Crippen LogP contribution is 1.95. The Kier molecular flexibility index (Phi) is 3.45. The average Bonchev–Trinajstić information content (AvgIpc) is 1.82. The Bertz CT molecular complexity index is 144. The monoisotopic (exact) mass is 126 g/mol. The maximum atomic E-state index is 8.37. The molecule has 0 rings (SSSR count). The Morgan fingerprint density at radius 2 is 2.22 bits per heavy atom. The summed E-state index contributed by atoms with van der Waals surface area (Å²) in [6, 6.07) is 1.93. The molecule has 0 spiro atoms. The third-order valence-corrected chi connectivity index (χ3v) is 0.851. The van der Waals surface area contributed by atoms with E-state index in [0.717, 1.165) is 0 Å². The molecule has 0 aliphatic carbocycles. The van der Waals surface area contributed by atoms with E-state index >= 15 is 0 Å². The van der Waals surface area contributed by atoms with Crippen LogP contribution in [0.15, 0.2) is 5.16 Å². The third-order valence-electron chi connectivity index (χ3n) is 0.851. The summed E-state index contributed by atoms with van der Waals surface area (Å²) < 4.78 is 0. The molecule has 3 heteroatoms. The molecule has 50 valence electrons. The van der Waals surface area contributed by atoms with Crippen molar-refractivity contribution in [2.75, 3.05) is 7.11 Å². The molecule has 9 heavy (non-hydrogen) atoms. The second kappa shape index (κ2) is 3.90. The topological polar surface area (TPSA) is 45.4 Å². The summed E-state index contributed by atoms with van der Waals surface area (Å²) in [5.41, 5.74) is 0.428. The summed E-state index contributed by atoms with van der Waals surface area (Å²) in [6.45, 7) is 3.78. The van der Waals surface area contributed by atoms with Crippen molar-refractivity contribution in [3.63, 3.8) is 0 Å². The van der Waals surface area contributed by atoms with Crippen molar-refractivity contribution in [3.05, 3.63) is 0 Å². The van der Waals surface area contributed by atoms with Gasteiger partial charge in [0.05, 0.1) is 0 Å². The maximum absolute atomic E-state index is 8.37. The van der Waals surface area contributed by atoms with Crippen LogP contribution in [0.1, 0.15) is 13.8 Å². The van der Waals surface area contributed by atoms with Crippen LogP contribution >= 0.6 is 0 Å². The van der Waals surface area contributed by atoms with Crippen LogP contribution in [-0.4, -0.2) is 12.8 Å². The molecule has 0 N–H and O–H groups in total. The van der Waals surface area contributed by atoms with Crippen molar-refractivity contribution in [2.24, 2.45) is 11.1 Å². The molecular weight excluding hydrogens is 116 g/mol. The fourth-order valence-electron chi connectivity index (χ4n) is 0.353. The Hall–Kier alpha value is -1.04. The number of hydrogen-bond acceptors (Lipinski definition) is 3. The van der Waals surface area contributed by atoms with Gasteiger partial charge in [-0.25, -0.2) is 0 Å². The van der Waals surface area contributed by atoms with Crippen LogP contribution in [-0.2, 0) is 4.84 Å². The molecule has 0 aliphatic heterocycles. The lowest BCUT2D eigenvalue weighted by molar-refractivity contribution is 0.212. The van der Waals surface area contributed by atoms with E-state index < -0.39 is 0 Å². The first kappa shape index (κ1) is 7.96. The van der Waals surface area contributed by atoms with Crippen LogP contribution in [0.3, 0.4) is 0 Å². The van der Waals surface area contributed by atoms with Gasteiger partial charge in [0, 0.05) is 5.92 Å². The number of nitriles is 1. The Balaban J connectivity index is 4.02. The molecule has 0 aromatic rings. The van der Waals surface area contributed by atoms with Gasteiger partial charge in [0.1, 0.15) is 13.2 Å². The summed E-state index contributed by atoms with van der Waals surface area (Å²) in [4.78, 5) is 4.42. The predicted octanol–water partition coefficient (Wildman–Crippen LogP) is 1.17. The normalized spacial score (nSPS) is 11.2. The lowest BCUT2D eigenvalue weighted by Gasteiger charge is -1.96. The minimum absolute atomic E-state index is 0.148. The van der Waals surface area contributed by atoms with Crippen molar-refractivity contribution in [1.82, 2.24) is 0 Å². The zero-order valence-electron chi connectivity index (χ0n) is 5.88. The van der Waals surface area contributed by atoms with Crippen molar-refractivity contribution >= 4 is 5.71 Å². The van der Waals surface area contributed by atoms with Crippen molar-refractivity contribution in [1.29, 1.82) is 5.26 Å². The first-order chi connectivity index (χ1) is 4.22. The molecule has 0 aromatic heterocycles. The first-order valence-electron chi connectivity index (χ1n) is 2.73. The van der Waals surface area contributed by atoms with Crippen LogP contribution in [0.2, 0.25) is 0 Å². The van der Waals surface area contributed by atoms with Crippen LogP contribution in [0, 0.1) is 17.2 Å². The number of nitrogens with zero attached hydrogens (tertiary/aromatic N) is 2. The molecule has 3 nitrogen and oxygen atoms in total. The smallest absolute Gasteiger partial charge is 0.159 e. The van der Waals surface area contributed by atoms with E-state index in [1.807, 2.05) is 19.9 Å². The van der Waals surface area contributed by atoms with Gasteiger partial charge in [-0.3, -0.25) is 0 Å². The standard InChI is InChI=1S/C6H10N2O/c1-5(2)6(4-7)8-9-3/h5H,1-3H3/b8-6+. The Labute approximate surface area is 54.9 Å². The van der Waals surface area contributed by atoms with Gasteiger partial charge in [0.15, 0.2) is 5.71 Å². The molecule has 0 fully saturated rings. The highest BCUT2D eigenvalue weighted by molar-refractivity contribution is 5.99. The highest BCUT2D eigenvalue weighted by Gasteiger charge is 2.02. The fraction of sp³-hybridized carbons (Fsp3) is 0.667. The van der Waals surface area contributed by atoms with E-state index in [9.17, 15) is 0 Å². The second-order valence-electron chi connectivity index (χ2n) is 1.93. The predicted molar refractivity (Wildman–Crippen MR) is 34.9 cm³/mol. The van der Waals surface area contributed by atoms with Gasteiger partial charge in [-0.15, -0.1) is 0 Å². The van der Waals surface area contributed by atoms with Crippen LogP contribution in [0.4, 0.5) is 0 Å². The van der Waals surface area contributed by atoms with Gasteiger partial charge < -0.3 is 4.84 Å². The van der Waals surface area contributed by atoms with E-state index in [4.69, 9.17) is 5.26 Å². The number of hydrogen-bond donors (Lipinski definition) is 0. The Morgan fingerprint density at radius 1 is 1.67 bits per heavy atom. The highest BCUT2D eigenvalue weighted by atomic mass is 16.6. The minimum atomic E-state index is 0.148. The molecular formula is C6H10N2O. The molecule has 0 saturated carbocycles. The molecule has 0 aromatic carbocycles. The molecule has 0 aliphatic rings. The van der Waals surface area contributed by atoms with Crippen molar-refractivity contribution in [2.45, 2.75) is 13.8 Å². The zero-order chi connectivity index (χ0) is 7.28. The maximum Gasteiger partial charge on any atom is 0.159 e. The van der Waals surface area contributed by atoms with Crippen molar-refractivity contribution in [3.8, 4) is 6.07 Å². The molecule has 0 heterocycles. The van der Waals surface area contributed by atoms with Crippen molar-refractivity contribution < 1.29 is 4.84 Å². The minimum Gasteiger partial charge on any atom is -0.398 e. The lowest BCUT2D eigenvalue weighted by Crippen LogP contribution is -2.03. The lowest BCUT2D eigenvalue weighted by atomic mass is 10.1. The molecule has 0 atom stereocenters. The summed E-state index contributed by atoms with van der Waals surface area (Å²) in [5, 5.41) is 11.9. The molecule has 0 amide bonds. The first-order valence-corrected chi connectivity index (χ1v) is 2.73. The van der Waals surface area contributed by atoms with Crippen LogP contribution in [0.25, 0.3) is 0 Å². The van der Waals surface area contributed by atoms with Gasteiger partial charge in [0.2, 0.25) is 0 Å². The van der Waals surface area contributed by atoms with E-state index in [1.165, 1.54) is 7.11 Å². The summed E-state index contributed by atoms with van der Waals surface area (Å²) in [5.74, 6) is 0.148. The number of oxime groups is 1. The van der Waals surface area contributed by atoms with E-state index in [0.29, 0.717) is 5.71 Å². The Morgan fingerprint density at radius 3 is 2.33 bits per heavy atom. The van der Waals surface area contributed by atoms with Crippen LogP contribution < -0.4 is 0 Å². The van der Waals surface area contributed by atoms with Gasteiger partial charge in [0.25, 0.3) is 0 Å². The summed E-state index contributed by atoms with van der Waals surface area (Å²) >= 11 is 0. The molecule has 0 radical (unpaired) electrons. The summed E-state index contributed by atoms with van der Waals surface area (Å²) in [7, 11) is 1.43. The fourth-order valence-corrected chi connectivity index (χ4v) is 0.353. The van der Waals surface area contributed by atoms with Gasteiger partial charge in [-0.1, -0.05) is 19.0 Å². The quantitative estimate of drug-likeness (QED) is 0.411. The van der Waals surface area contributed by atoms with Gasteiger partial charge >= 0.3 is 0 Å². The summed E-state index contributed by atoms with van der Waals surface area (Å²) in [6.07, 6.45) is 0. The van der Waals surface area contributed by atoms with E-state index in [-0.39, 0.29) is 5.92 Å².